The van der Waals surface area contributed by atoms with Crippen LogP contribution in [0.25, 0.3) is 0 Å². The fourth-order valence-electron chi connectivity index (χ4n) is 3.98. The smallest absolute Gasteiger partial charge is 0.252 e. The number of hydrogen-bond donors (Lipinski definition) is 0. The van der Waals surface area contributed by atoms with Gasteiger partial charge in [0.15, 0.2) is 0 Å². The molecule has 0 saturated carbocycles. The number of amides is 1. The van der Waals surface area contributed by atoms with Crippen LogP contribution in [0.1, 0.15) is 49.8 Å². The van der Waals surface area contributed by atoms with Gasteiger partial charge in [0.25, 0.3) is 6.43 Å². The van der Waals surface area contributed by atoms with E-state index in [-0.39, 0.29) is 24.4 Å². The molecule has 23 heavy (non-hydrogen) atoms. The lowest BCUT2D eigenvalue weighted by Gasteiger charge is -2.29. The molecule has 0 bridgehead atoms. The zero-order chi connectivity index (χ0) is 16.8. The lowest BCUT2D eigenvalue weighted by atomic mass is 9.81. The molecule has 2 aliphatic rings. The molecular formula is C17H17F3N2O. The fraction of sp³-hybridized carbons (Fsp3) is 0.529. The molecule has 0 aromatic heterocycles. The summed E-state index contributed by atoms with van der Waals surface area (Å²) in [6.45, 7) is 1.61. The zero-order valence-corrected chi connectivity index (χ0v) is 12.7. The second-order valence-corrected chi connectivity index (χ2v) is 6.36. The molecule has 3 atom stereocenters. The first-order chi connectivity index (χ1) is 10.9. The first-order valence-corrected chi connectivity index (χ1v) is 7.74. The second-order valence-electron chi connectivity index (χ2n) is 6.36. The van der Waals surface area contributed by atoms with Crippen molar-refractivity contribution in [1.29, 1.82) is 5.26 Å². The van der Waals surface area contributed by atoms with E-state index in [0.717, 1.165) is 6.07 Å². The Hall–Kier alpha value is -2.03. The van der Waals surface area contributed by atoms with Crippen molar-refractivity contribution in [2.75, 3.05) is 0 Å². The SMILES string of the molecule is CC[C@@]1(C(F)F)C[C@H]2CC[C@H](c3cc(F)cc(C#N)c3)N2C1=O. The van der Waals surface area contributed by atoms with Crippen LogP contribution in [0.15, 0.2) is 18.2 Å². The van der Waals surface area contributed by atoms with Gasteiger partial charge in [-0.05, 0) is 49.4 Å². The van der Waals surface area contributed by atoms with Gasteiger partial charge < -0.3 is 4.90 Å². The minimum absolute atomic E-state index is 0.0931. The van der Waals surface area contributed by atoms with E-state index in [1.54, 1.807) is 6.92 Å². The average molecular weight is 322 g/mol. The van der Waals surface area contributed by atoms with Crippen LogP contribution in [0.3, 0.4) is 0 Å². The Morgan fingerprint density at radius 3 is 2.74 bits per heavy atom. The topological polar surface area (TPSA) is 44.1 Å². The Bertz CT molecular complexity index is 685. The van der Waals surface area contributed by atoms with E-state index in [1.165, 1.54) is 17.0 Å². The van der Waals surface area contributed by atoms with E-state index >= 15 is 0 Å². The van der Waals surface area contributed by atoms with Crippen LogP contribution in [0.2, 0.25) is 0 Å². The summed E-state index contributed by atoms with van der Waals surface area (Å²) in [7, 11) is 0. The zero-order valence-electron chi connectivity index (χ0n) is 12.7. The number of alkyl halides is 2. The van der Waals surface area contributed by atoms with Gasteiger partial charge in [-0.3, -0.25) is 4.79 Å². The van der Waals surface area contributed by atoms with Crippen LogP contribution < -0.4 is 0 Å². The fourth-order valence-corrected chi connectivity index (χ4v) is 3.98. The highest BCUT2D eigenvalue weighted by atomic mass is 19.3. The molecule has 3 rings (SSSR count). The molecule has 0 unspecified atom stereocenters. The first-order valence-electron chi connectivity index (χ1n) is 7.74. The summed E-state index contributed by atoms with van der Waals surface area (Å²) in [6.07, 6.45) is -1.22. The summed E-state index contributed by atoms with van der Waals surface area (Å²) < 4.78 is 40.7. The van der Waals surface area contributed by atoms with Crippen LogP contribution in [-0.4, -0.2) is 23.3 Å². The van der Waals surface area contributed by atoms with Crippen LogP contribution in [0.5, 0.6) is 0 Å². The third kappa shape index (κ3) is 2.30. The molecule has 0 aliphatic carbocycles. The highest BCUT2D eigenvalue weighted by molar-refractivity contribution is 5.86. The van der Waals surface area contributed by atoms with E-state index in [2.05, 4.69) is 0 Å². The van der Waals surface area contributed by atoms with E-state index < -0.39 is 29.6 Å². The summed E-state index contributed by atoms with van der Waals surface area (Å²) in [4.78, 5) is 14.2. The highest BCUT2D eigenvalue weighted by Gasteiger charge is 2.59. The molecule has 1 aromatic rings. The molecule has 0 radical (unpaired) electrons. The number of rotatable bonds is 3. The number of benzene rings is 1. The number of fused-ring (bicyclic) bond motifs is 1. The maximum absolute atomic E-state index is 13.7. The second kappa shape index (κ2) is 5.55. The summed E-state index contributed by atoms with van der Waals surface area (Å²) in [5, 5.41) is 8.97. The van der Waals surface area contributed by atoms with Crippen molar-refractivity contribution in [3.8, 4) is 6.07 Å². The standard InChI is InChI=1S/C17H17F3N2O/c1-2-17(15(19)20)8-13-3-4-14(22(13)16(17)23)11-5-10(9-21)6-12(18)7-11/h5-7,13-15H,2-4,8H2,1H3/t13-,14-,17+/m1/s1. The normalized spacial score (nSPS) is 29.9. The van der Waals surface area contributed by atoms with Crippen molar-refractivity contribution in [2.45, 2.75) is 51.1 Å². The predicted molar refractivity (Wildman–Crippen MR) is 77.1 cm³/mol. The molecule has 0 spiro atoms. The lowest BCUT2D eigenvalue weighted by molar-refractivity contribution is -0.146. The van der Waals surface area contributed by atoms with Crippen molar-refractivity contribution in [2.24, 2.45) is 5.41 Å². The molecule has 0 N–H and O–H groups in total. The van der Waals surface area contributed by atoms with Gasteiger partial charge in [-0.15, -0.1) is 0 Å². The lowest BCUT2D eigenvalue weighted by Crippen LogP contribution is -2.40. The van der Waals surface area contributed by atoms with Gasteiger partial charge in [-0.2, -0.15) is 5.26 Å². The Morgan fingerprint density at radius 2 is 2.13 bits per heavy atom. The first kappa shape index (κ1) is 15.9. The third-order valence-electron chi connectivity index (χ3n) is 5.25. The van der Waals surface area contributed by atoms with E-state index in [9.17, 15) is 18.0 Å². The van der Waals surface area contributed by atoms with Crippen molar-refractivity contribution >= 4 is 5.91 Å². The molecule has 2 aliphatic heterocycles. The Balaban J connectivity index is 1.98. The van der Waals surface area contributed by atoms with Gasteiger partial charge in [0.05, 0.1) is 17.7 Å². The number of carbonyl (C=O) groups is 1. The molecular weight excluding hydrogens is 305 g/mol. The highest BCUT2D eigenvalue weighted by Crippen LogP contribution is 2.52. The Labute approximate surface area is 132 Å². The number of nitrogens with zero attached hydrogens (tertiary/aromatic N) is 2. The molecule has 1 amide bonds. The van der Waals surface area contributed by atoms with Crippen molar-refractivity contribution in [1.82, 2.24) is 4.90 Å². The maximum atomic E-state index is 13.7. The Kier molecular flexibility index (Phi) is 3.83. The number of carbonyl (C=O) groups excluding carboxylic acids is 1. The minimum atomic E-state index is -2.70. The van der Waals surface area contributed by atoms with Crippen molar-refractivity contribution < 1.29 is 18.0 Å². The van der Waals surface area contributed by atoms with Crippen molar-refractivity contribution in [3.63, 3.8) is 0 Å². The van der Waals surface area contributed by atoms with Crippen LogP contribution in [-0.2, 0) is 4.79 Å². The summed E-state index contributed by atoms with van der Waals surface area (Å²) in [6, 6.07) is 5.18. The number of nitriles is 1. The van der Waals surface area contributed by atoms with Gasteiger partial charge in [0.2, 0.25) is 5.91 Å². The van der Waals surface area contributed by atoms with Gasteiger partial charge in [-0.1, -0.05) is 6.92 Å². The summed E-state index contributed by atoms with van der Waals surface area (Å²) in [5.41, 5.74) is -0.932. The maximum Gasteiger partial charge on any atom is 0.252 e. The largest absolute Gasteiger partial charge is 0.332 e. The van der Waals surface area contributed by atoms with E-state index in [0.29, 0.717) is 18.4 Å². The van der Waals surface area contributed by atoms with Gasteiger partial charge in [-0.25, -0.2) is 13.2 Å². The molecule has 2 heterocycles. The third-order valence-corrected chi connectivity index (χ3v) is 5.25. The van der Waals surface area contributed by atoms with Crippen LogP contribution in [0, 0.1) is 22.6 Å². The summed E-state index contributed by atoms with van der Waals surface area (Å²) in [5.74, 6) is -1.09. The van der Waals surface area contributed by atoms with E-state index in [4.69, 9.17) is 5.26 Å². The molecule has 2 saturated heterocycles. The molecule has 122 valence electrons. The molecule has 2 fully saturated rings. The number of halogens is 3. The van der Waals surface area contributed by atoms with Crippen LogP contribution in [0.4, 0.5) is 13.2 Å². The van der Waals surface area contributed by atoms with Crippen molar-refractivity contribution in [3.05, 3.63) is 35.1 Å². The minimum Gasteiger partial charge on any atom is -0.332 e. The Morgan fingerprint density at radius 1 is 1.39 bits per heavy atom. The quantitative estimate of drug-likeness (QED) is 0.850. The predicted octanol–water partition coefficient (Wildman–Crippen LogP) is 3.79. The van der Waals surface area contributed by atoms with Gasteiger partial charge >= 0.3 is 0 Å². The summed E-state index contributed by atoms with van der Waals surface area (Å²) >= 11 is 0. The van der Waals surface area contributed by atoms with Crippen LogP contribution >= 0.6 is 0 Å². The molecule has 3 nitrogen and oxygen atoms in total. The van der Waals surface area contributed by atoms with Gasteiger partial charge in [0.1, 0.15) is 11.2 Å². The monoisotopic (exact) mass is 322 g/mol. The average Bonchev–Trinajstić information content (AvgIpc) is 3.05. The number of hydrogen-bond acceptors (Lipinski definition) is 2. The van der Waals surface area contributed by atoms with E-state index in [1.807, 2.05) is 6.07 Å². The molecule has 1 aromatic carbocycles. The molecule has 6 heteroatoms. The van der Waals surface area contributed by atoms with Gasteiger partial charge in [0, 0.05) is 6.04 Å².